The lowest BCUT2D eigenvalue weighted by molar-refractivity contribution is -0.147. The summed E-state index contributed by atoms with van der Waals surface area (Å²) in [6.45, 7) is 1.16. The Morgan fingerprint density at radius 3 is 2.26 bits per heavy atom. The molecule has 2 aromatic carbocycles. The maximum absolute atomic E-state index is 13.1. The summed E-state index contributed by atoms with van der Waals surface area (Å²) in [7, 11) is 0. The molecule has 2 fully saturated rings. The molecule has 0 aromatic heterocycles. The van der Waals surface area contributed by atoms with E-state index in [1.165, 1.54) is 22.3 Å². The van der Waals surface area contributed by atoms with Gasteiger partial charge in [0.25, 0.3) is 0 Å². The zero-order chi connectivity index (χ0) is 24.4. The predicted octanol–water partition coefficient (Wildman–Crippen LogP) is 4.41. The first-order valence-electron chi connectivity index (χ1n) is 12.6. The number of carbonyl (C=O) groups excluding carboxylic acids is 2. The number of piperidine rings is 1. The van der Waals surface area contributed by atoms with Crippen molar-refractivity contribution in [2.45, 2.75) is 50.5 Å². The van der Waals surface area contributed by atoms with Crippen LogP contribution in [0.3, 0.4) is 0 Å². The summed E-state index contributed by atoms with van der Waals surface area (Å²) in [6, 6.07) is 16.4. The lowest BCUT2D eigenvalue weighted by atomic mass is 9.84. The summed E-state index contributed by atoms with van der Waals surface area (Å²) in [5, 5.41) is 12.3. The van der Waals surface area contributed by atoms with E-state index in [0.717, 1.165) is 25.7 Å². The molecule has 35 heavy (non-hydrogen) atoms. The fourth-order valence-electron chi connectivity index (χ4n) is 5.99. The van der Waals surface area contributed by atoms with E-state index in [-0.39, 0.29) is 36.9 Å². The number of carbonyl (C=O) groups is 3. The third kappa shape index (κ3) is 4.90. The molecule has 2 aromatic rings. The number of nitrogens with zero attached hydrogens (tertiary/aromatic N) is 1. The Kier molecular flexibility index (Phi) is 6.75. The fraction of sp³-hybridized carbons (Fsp3) is 0.464. The van der Waals surface area contributed by atoms with Crippen LogP contribution in [-0.4, -0.2) is 53.7 Å². The molecule has 5 rings (SSSR count). The molecule has 1 saturated carbocycles. The Morgan fingerprint density at radius 2 is 1.57 bits per heavy atom. The molecule has 7 nitrogen and oxygen atoms in total. The summed E-state index contributed by atoms with van der Waals surface area (Å²) < 4.78 is 5.68. The first-order chi connectivity index (χ1) is 17.0. The number of aliphatic carboxylic acids is 1. The van der Waals surface area contributed by atoms with Crippen LogP contribution in [0.4, 0.5) is 4.79 Å². The van der Waals surface area contributed by atoms with Crippen LogP contribution in [0.25, 0.3) is 11.1 Å². The van der Waals surface area contributed by atoms with Crippen LogP contribution in [0, 0.1) is 11.8 Å². The van der Waals surface area contributed by atoms with Crippen LogP contribution in [0.1, 0.15) is 55.6 Å². The largest absolute Gasteiger partial charge is 0.481 e. The van der Waals surface area contributed by atoms with E-state index in [1.54, 1.807) is 4.90 Å². The van der Waals surface area contributed by atoms with Crippen LogP contribution >= 0.6 is 0 Å². The van der Waals surface area contributed by atoms with Crippen LogP contribution < -0.4 is 5.32 Å². The number of alkyl carbamates (subject to hydrolysis) is 1. The number of rotatable bonds is 5. The van der Waals surface area contributed by atoms with Gasteiger partial charge in [-0.2, -0.15) is 0 Å². The van der Waals surface area contributed by atoms with Crippen molar-refractivity contribution >= 4 is 18.0 Å². The quantitative estimate of drug-likeness (QED) is 0.667. The Morgan fingerprint density at radius 1 is 0.914 bits per heavy atom. The molecule has 1 aliphatic heterocycles. The highest BCUT2D eigenvalue weighted by Crippen LogP contribution is 2.44. The fourth-order valence-corrected chi connectivity index (χ4v) is 5.99. The first kappa shape index (κ1) is 23.4. The highest BCUT2D eigenvalue weighted by Gasteiger charge is 2.35. The molecule has 0 bridgehead atoms. The van der Waals surface area contributed by atoms with Gasteiger partial charge in [-0.25, -0.2) is 4.79 Å². The van der Waals surface area contributed by atoms with Gasteiger partial charge in [0.2, 0.25) is 5.91 Å². The third-order valence-corrected chi connectivity index (χ3v) is 7.77. The van der Waals surface area contributed by atoms with Crippen LogP contribution in [0.2, 0.25) is 0 Å². The number of nitrogens with one attached hydrogen (secondary N) is 1. The summed E-state index contributed by atoms with van der Waals surface area (Å²) in [6.07, 6.45) is 3.89. The lowest BCUT2D eigenvalue weighted by Gasteiger charge is -2.36. The van der Waals surface area contributed by atoms with E-state index in [9.17, 15) is 19.5 Å². The molecule has 3 aliphatic rings. The normalized spacial score (nSPS) is 23.8. The Hall–Kier alpha value is -3.35. The smallest absolute Gasteiger partial charge is 0.407 e. The number of hydrogen-bond donors (Lipinski definition) is 2. The minimum atomic E-state index is -0.832. The van der Waals surface area contributed by atoms with Crippen LogP contribution in [0.5, 0.6) is 0 Å². The number of hydrogen-bond acceptors (Lipinski definition) is 4. The molecular weight excluding hydrogens is 444 g/mol. The van der Waals surface area contributed by atoms with E-state index in [0.29, 0.717) is 19.4 Å². The van der Waals surface area contributed by atoms with Gasteiger partial charge in [0.15, 0.2) is 0 Å². The zero-order valence-electron chi connectivity index (χ0n) is 19.8. The van der Waals surface area contributed by atoms with Crippen molar-refractivity contribution in [3.63, 3.8) is 0 Å². The first-order valence-corrected chi connectivity index (χ1v) is 12.6. The topological polar surface area (TPSA) is 95.9 Å². The Balaban J connectivity index is 1.16. The maximum Gasteiger partial charge on any atom is 0.407 e. The van der Waals surface area contributed by atoms with Crippen molar-refractivity contribution in [3.05, 3.63) is 59.7 Å². The molecule has 3 atom stereocenters. The van der Waals surface area contributed by atoms with E-state index in [4.69, 9.17) is 4.74 Å². The molecule has 0 radical (unpaired) electrons. The second-order valence-electron chi connectivity index (χ2n) is 9.99. The number of carboxylic acid groups (broad SMARTS) is 1. The molecule has 2 amide bonds. The van der Waals surface area contributed by atoms with E-state index < -0.39 is 18.0 Å². The van der Waals surface area contributed by atoms with Gasteiger partial charge in [-0.15, -0.1) is 0 Å². The molecular formula is C28H32N2O5. The lowest BCUT2D eigenvalue weighted by Crippen LogP contribution is -2.47. The van der Waals surface area contributed by atoms with Crippen molar-refractivity contribution in [1.29, 1.82) is 0 Å². The van der Waals surface area contributed by atoms with E-state index in [2.05, 4.69) is 29.6 Å². The van der Waals surface area contributed by atoms with Crippen LogP contribution in [0.15, 0.2) is 48.5 Å². The average molecular weight is 477 g/mol. The Bertz CT molecular complexity index is 1070. The number of carboxylic acids is 1. The monoisotopic (exact) mass is 476 g/mol. The van der Waals surface area contributed by atoms with Crippen LogP contribution in [-0.2, 0) is 14.3 Å². The highest BCUT2D eigenvalue weighted by atomic mass is 16.5. The SMILES string of the molecule is O=C(NC1CCCC(C(=O)N2CCC[C@H](C(=O)O)C2)C1)OCC1c2ccccc2-c2ccccc21. The number of benzene rings is 2. The van der Waals surface area contributed by atoms with Crippen molar-refractivity contribution < 1.29 is 24.2 Å². The van der Waals surface area contributed by atoms with Crippen molar-refractivity contribution in [1.82, 2.24) is 10.2 Å². The van der Waals surface area contributed by atoms with Crippen molar-refractivity contribution in [2.24, 2.45) is 11.8 Å². The second kappa shape index (κ2) is 10.1. The van der Waals surface area contributed by atoms with E-state index >= 15 is 0 Å². The maximum atomic E-state index is 13.1. The summed E-state index contributed by atoms with van der Waals surface area (Å²) in [4.78, 5) is 38.8. The van der Waals surface area contributed by atoms with Crippen molar-refractivity contribution in [3.8, 4) is 11.1 Å². The number of ether oxygens (including phenoxy) is 1. The van der Waals surface area contributed by atoms with Crippen molar-refractivity contribution in [2.75, 3.05) is 19.7 Å². The molecule has 1 heterocycles. The van der Waals surface area contributed by atoms with Gasteiger partial charge in [-0.1, -0.05) is 55.0 Å². The van der Waals surface area contributed by atoms with Gasteiger partial charge >= 0.3 is 12.1 Å². The molecule has 0 spiro atoms. The molecule has 7 heteroatoms. The van der Waals surface area contributed by atoms with Gasteiger partial charge in [-0.3, -0.25) is 9.59 Å². The van der Waals surface area contributed by atoms with E-state index in [1.807, 2.05) is 24.3 Å². The molecule has 184 valence electrons. The molecule has 1 saturated heterocycles. The summed E-state index contributed by atoms with van der Waals surface area (Å²) >= 11 is 0. The number of likely N-dealkylation sites (tertiary alicyclic amines) is 1. The van der Waals surface area contributed by atoms with Gasteiger partial charge < -0.3 is 20.1 Å². The molecule has 2 N–H and O–H groups in total. The van der Waals surface area contributed by atoms with Gasteiger partial charge in [-0.05, 0) is 54.4 Å². The number of fused-ring (bicyclic) bond motifs is 3. The molecule has 2 unspecified atom stereocenters. The summed E-state index contributed by atoms with van der Waals surface area (Å²) in [5.41, 5.74) is 4.72. The number of amides is 2. The minimum Gasteiger partial charge on any atom is -0.481 e. The minimum absolute atomic E-state index is 0.00937. The Labute approximate surface area is 205 Å². The zero-order valence-corrected chi connectivity index (χ0v) is 19.8. The van der Waals surface area contributed by atoms with Gasteiger partial charge in [0.1, 0.15) is 6.61 Å². The predicted molar refractivity (Wildman–Crippen MR) is 131 cm³/mol. The molecule has 2 aliphatic carbocycles. The highest BCUT2D eigenvalue weighted by molar-refractivity contribution is 5.81. The third-order valence-electron chi connectivity index (χ3n) is 7.77. The summed E-state index contributed by atoms with van der Waals surface area (Å²) in [5.74, 6) is -1.47. The average Bonchev–Trinajstić information content (AvgIpc) is 3.21. The standard InChI is InChI=1S/C28H32N2O5/c31-26(30-14-6-8-19(16-30)27(32)33)18-7-5-9-20(15-18)29-28(34)35-17-25-23-12-3-1-10-21(23)22-11-2-4-13-24(22)25/h1-4,10-13,18-20,25H,5-9,14-17H2,(H,29,34)(H,32,33)/t18?,19-,20?/m0/s1. The van der Waals surface area contributed by atoms with Gasteiger partial charge in [0, 0.05) is 31.0 Å². The van der Waals surface area contributed by atoms with Gasteiger partial charge in [0.05, 0.1) is 5.92 Å². The second-order valence-corrected chi connectivity index (χ2v) is 9.99.